The van der Waals surface area contributed by atoms with Crippen molar-refractivity contribution in [3.8, 4) is 0 Å². The van der Waals surface area contributed by atoms with Crippen molar-refractivity contribution in [2.75, 3.05) is 21.1 Å². The first-order valence-corrected chi connectivity index (χ1v) is 8.01. The van der Waals surface area contributed by atoms with E-state index in [0.29, 0.717) is 11.1 Å². The molecule has 136 valence electrons. The molecule has 2 amide bonds. The molecule has 26 heavy (non-hydrogen) atoms. The van der Waals surface area contributed by atoms with Gasteiger partial charge >= 0.3 is 0 Å². The van der Waals surface area contributed by atoms with Crippen LogP contribution in [0.3, 0.4) is 0 Å². The molecule has 0 atom stereocenters. The fraction of sp³-hybridized carbons (Fsp3) is 0.211. The normalized spacial score (nSPS) is 11.0. The summed E-state index contributed by atoms with van der Waals surface area (Å²) in [5, 5.41) is 14.0. The second kappa shape index (κ2) is 8.89. The SMILES string of the molecule is CN(C)Cc1ccc(C(=O)N(C)/N=C/c2ccc(C(=O)NO)cc2)cc1. The molecular weight excluding hydrogens is 332 g/mol. The van der Waals surface area contributed by atoms with Crippen molar-refractivity contribution in [2.24, 2.45) is 5.10 Å². The van der Waals surface area contributed by atoms with Crippen LogP contribution in [-0.4, -0.2) is 54.3 Å². The second-order valence-corrected chi connectivity index (χ2v) is 6.07. The molecule has 2 aromatic rings. The van der Waals surface area contributed by atoms with Crippen LogP contribution in [0.2, 0.25) is 0 Å². The van der Waals surface area contributed by atoms with Gasteiger partial charge in [-0.05, 0) is 49.5 Å². The summed E-state index contributed by atoms with van der Waals surface area (Å²) in [4.78, 5) is 25.7. The Morgan fingerprint density at radius 3 is 2.12 bits per heavy atom. The Balaban J connectivity index is 2.01. The zero-order chi connectivity index (χ0) is 19.1. The minimum Gasteiger partial charge on any atom is -0.305 e. The van der Waals surface area contributed by atoms with Crippen LogP contribution in [0.1, 0.15) is 31.8 Å². The predicted molar refractivity (Wildman–Crippen MR) is 99.2 cm³/mol. The van der Waals surface area contributed by atoms with Crippen molar-refractivity contribution in [3.05, 3.63) is 70.8 Å². The summed E-state index contributed by atoms with van der Waals surface area (Å²) in [5.41, 5.74) is 4.31. The average Bonchev–Trinajstić information content (AvgIpc) is 2.65. The Kier molecular flexibility index (Phi) is 6.60. The molecule has 0 radical (unpaired) electrons. The van der Waals surface area contributed by atoms with E-state index in [2.05, 4.69) is 10.0 Å². The molecule has 2 aromatic carbocycles. The first-order valence-electron chi connectivity index (χ1n) is 8.01. The van der Waals surface area contributed by atoms with Gasteiger partial charge < -0.3 is 4.90 Å². The van der Waals surface area contributed by atoms with E-state index < -0.39 is 5.91 Å². The highest BCUT2D eigenvalue weighted by Crippen LogP contribution is 2.09. The van der Waals surface area contributed by atoms with E-state index in [9.17, 15) is 9.59 Å². The van der Waals surface area contributed by atoms with E-state index in [0.717, 1.165) is 17.7 Å². The first-order chi connectivity index (χ1) is 12.4. The summed E-state index contributed by atoms with van der Waals surface area (Å²) in [7, 11) is 5.56. The minimum absolute atomic E-state index is 0.214. The van der Waals surface area contributed by atoms with Crippen LogP contribution in [0.25, 0.3) is 0 Å². The van der Waals surface area contributed by atoms with Gasteiger partial charge in [-0.15, -0.1) is 0 Å². The molecule has 0 saturated heterocycles. The number of hydrogen-bond acceptors (Lipinski definition) is 5. The number of rotatable bonds is 6. The molecule has 7 heteroatoms. The van der Waals surface area contributed by atoms with E-state index in [1.165, 1.54) is 11.2 Å². The van der Waals surface area contributed by atoms with Gasteiger partial charge in [-0.1, -0.05) is 24.3 Å². The fourth-order valence-electron chi connectivity index (χ4n) is 2.30. The van der Waals surface area contributed by atoms with Gasteiger partial charge in [-0.2, -0.15) is 5.10 Å². The Hall–Kier alpha value is -3.03. The molecule has 0 saturated carbocycles. The number of hydrogen-bond donors (Lipinski definition) is 2. The number of hydroxylamine groups is 1. The highest BCUT2D eigenvalue weighted by Gasteiger charge is 2.10. The molecular formula is C19H22N4O3. The number of benzene rings is 2. The molecule has 0 fully saturated rings. The molecule has 0 bridgehead atoms. The molecule has 0 aromatic heterocycles. The quantitative estimate of drug-likeness (QED) is 0.472. The van der Waals surface area contributed by atoms with E-state index >= 15 is 0 Å². The van der Waals surface area contributed by atoms with E-state index in [-0.39, 0.29) is 5.91 Å². The highest BCUT2D eigenvalue weighted by molar-refractivity contribution is 5.95. The summed E-state index contributed by atoms with van der Waals surface area (Å²) in [5.74, 6) is -0.799. The average molecular weight is 354 g/mol. The van der Waals surface area contributed by atoms with Crippen molar-refractivity contribution in [1.29, 1.82) is 0 Å². The Bertz CT molecular complexity index is 783. The third-order valence-electron chi connectivity index (χ3n) is 3.65. The van der Waals surface area contributed by atoms with Crippen LogP contribution in [-0.2, 0) is 6.54 Å². The third kappa shape index (κ3) is 5.23. The van der Waals surface area contributed by atoms with Crippen LogP contribution < -0.4 is 5.48 Å². The smallest absolute Gasteiger partial charge is 0.274 e. The van der Waals surface area contributed by atoms with Gasteiger partial charge in [0.25, 0.3) is 11.8 Å². The minimum atomic E-state index is -0.585. The van der Waals surface area contributed by atoms with Crippen molar-refractivity contribution in [3.63, 3.8) is 0 Å². The molecule has 0 unspecified atom stereocenters. The van der Waals surface area contributed by atoms with Crippen molar-refractivity contribution in [2.45, 2.75) is 6.54 Å². The Morgan fingerprint density at radius 2 is 1.58 bits per heavy atom. The summed E-state index contributed by atoms with van der Waals surface area (Å²) < 4.78 is 0. The Labute approximate surface area is 152 Å². The molecule has 0 spiro atoms. The maximum atomic E-state index is 12.4. The number of carbonyl (C=O) groups excluding carboxylic acids is 2. The summed E-state index contributed by atoms with van der Waals surface area (Å²) in [6, 6.07) is 13.9. The zero-order valence-corrected chi connectivity index (χ0v) is 15.0. The van der Waals surface area contributed by atoms with Gasteiger partial charge in [0.2, 0.25) is 0 Å². The van der Waals surface area contributed by atoms with Crippen LogP contribution in [0.15, 0.2) is 53.6 Å². The predicted octanol–water partition coefficient (Wildman–Crippen LogP) is 1.97. The molecule has 0 heterocycles. The third-order valence-corrected chi connectivity index (χ3v) is 3.65. The van der Waals surface area contributed by atoms with Gasteiger partial charge in [0.15, 0.2) is 0 Å². The lowest BCUT2D eigenvalue weighted by Crippen LogP contribution is -2.21. The lowest BCUT2D eigenvalue weighted by Gasteiger charge is -2.12. The summed E-state index contributed by atoms with van der Waals surface area (Å²) >= 11 is 0. The standard InChI is InChI=1S/C19H22N4O3/c1-22(2)13-15-6-10-17(11-7-15)19(25)23(3)20-12-14-4-8-16(9-5-14)18(24)21-26/h4-12,26H,13H2,1-3H3,(H,21,24)/b20-12+. The summed E-state index contributed by atoms with van der Waals surface area (Å²) in [6.07, 6.45) is 1.53. The largest absolute Gasteiger partial charge is 0.305 e. The number of nitrogens with one attached hydrogen (secondary N) is 1. The molecule has 0 aliphatic heterocycles. The number of nitrogens with zero attached hydrogens (tertiary/aromatic N) is 3. The molecule has 0 aliphatic carbocycles. The van der Waals surface area contributed by atoms with Gasteiger partial charge in [0.05, 0.1) is 6.21 Å². The van der Waals surface area contributed by atoms with E-state index in [4.69, 9.17) is 5.21 Å². The monoisotopic (exact) mass is 354 g/mol. The maximum absolute atomic E-state index is 12.4. The fourth-order valence-corrected chi connectivity index (χ4v) is 2.30. The zero-order valence-electron chi connectivity index (χ0n) is 15.0. The topological polar surface area (TPSA) is 85.2 Å². The number of hydrazone groups is 1. The molecule has 0 aliphatic rings. The number of carbonyl (C=O) groups is 2. The van der Waals surface area contributed by atoms with Crippen molar-refractivity contribution >= 4 is 18.0 Å². The van der Waals surface area contributed by atoms with Crippen molar-refractivity contribution < 1.29 is 14.8 Å². The van der Waals surface area contributed by atoms with Gasteiger partial charge in [0.1, 0.15) is 0 Å². The Morgan fingerprint density at radius 1 is 1.00 bits per heavy atom. The second-order valence-electron chi connectivity index (χ2n) is 6.07. The maximum Gasteiger partial charge on any atom is 0.274 e. The molecule has 2 rings (SSSR count). The van der Waals surface area contributed by atoms with Crippen LogP contribution in [0.4, 0.5) is 0 Å². The van der Waals surface area contributed by atoms with Crippen molar-refractivity contribution in [1.82, 2.24) is 15.4 Å². The molecule has 2 N–H and O–H groups in total. The highest BCUT2D eigenvalue weighted by atomic mass is 16.5. The lowest BCUT2D eigenvalue weighted by molar-refractivity contribution is 0.0706. The molecule has 7 nitrogen and oxygen atoms in total. The van der Waals surface area contributed by atoms with Crippen LogP contribution in [0, 0.1) is 0 Å². The van der Waals surface area contributed by atoms with Crippen LogP contribution in [0.5, 0.6) is 0 Å². The van der Waals surface area contributed by atoms with Crippen LogP contribution >= 0.6 is 0 Å². The lowest BCUT2D eigenvalue weighted by atomic mass is 10.1. The van der Waals surface area contributed by atoms with Gasteiger partial charge in [-0.25, -0.2) is 10.5 Å². The van der Waals surface area contributed by atoms with E-state index in [1.54, 1.807) is 48.9 Å². The first kappa shape index (κ1) is 19.3. The van der Waals surface area contributed by atoms with E-state index in [1.807, 2.05) is 26.2 Å². The van der Waals surface area contributed by atoms with Gasteiger partial charge in [0, 0.05) is 24.7 Å². The van der Waals surface area contributed by atoms with Gasteiger partial charge in [-0.3, -0.25) is 14.8 Å². The summed E-state index contributed by atoms with van der Waals surface area (Å²) in [6.45, 7) is 0.812. The number of amides is 2.